The lowest BCUT2D eigenvalue weighted by Crippen LogP contribution is -2.46. The van der Waals surface area contributed by atoms with Gasteiger partial charge in [0.1, 0.15) is 16.2 Å². The summed E-state index contributed by atoms with van der Waals surface area (Å²) in [5.41, 5.74) is 2.54. The quantitative estimate of drug-likeness (QED) is 0.234. The molecule has 1 heterocycles. The molecular formula is C23H26F3NO5S2. The Balaban J connectivity index is 1.38. The molecule has 1 saturated heterocycles. The standard InChI is InChI=1S/C23H26F3NO5S2/c24-23(25,26)32-19-4-1-3-17(15-19)16-33-14-2-11-31-18-5-7-20(8-6-18)34-22(21(28)27-29)9-12-30-13-10-22/h1,3-8,15,29H,2,9-14,16H2,(H,27,28). The minimum atomic E-state index is -4.69. The van der Waals surface area contributed by atoms with Gasteiger partial charge in [-0.1, -0.05) is 12.1 Å². The number of hydrogen-bond donors (Lipinski definition) is 2. The molecule has 11 heteroatoms. The molecule has 0 saturated carbocycles. The summed E-state index contributed by atoms with van der Waals surface area (Å²) in [5, 5.41) is 9.13. The van der Waals surface area contributed by atoms with E-state index in [1.807, 2.05) is 24.3 Å². The number of thioether (sulfide) groups is 2. The van der Waals surface area contributed by atoms with Crippen LogP contribution in [0.3, 0.4) is 0 Å². The number of hydroxylamine groups is 1. The zero-order valence-electron chi connectivity index (χ0n) is 18.3. The van der Waals surface area contributed by atoms with Crippen molar-refractivity contribution < 1.29 is 37.4 Å². The van der Waals surface area contributed by atoms with E-state index in [1.54, 1.807) is 29.4 Å². The third kappa shape index (κ3) is 8.30. The Kier molecular flexibility index (Phi) is 9.81. The topological polar surface area (TPSA) is 77.0 Å². The lowest BCUT2D eigenvalue weighted by Gasteiger charge is -2.34. The second-order valence-electron chi connectivity index (χ2n) is 7.57. The molecule has 0 bridgehead atoms. The van der Waals surface area contributed by atoms with Crippen LogP contribution in [0.4, 0.5) is 13.2 Å². The van der Waals surface area contributed by atoms with E-state index in [1.165, 1.54) is 23.9 Å². The fourth-order valence-electron chi connectivity index (χ4n) is 3.38. The second kappa shape index (κ2) is 12.6. The zero-order valence-corrected chi connectivity index (χ0v) is 19.9. The van der Waals surface area contributed by atoms with Crippen LogP contribution >= 0.6 is 23.5 Å². The molecule has 0 spiro atoms. The van der Waals surface area contributed by atoms with Gasteiger partial charge in [-0.05, 0) is 67.0 Å². The Labute approximate surface area is 204 Å². The third-order valence-electron chi connectivity index (χ3n) is 5.06. The van der Waals surface area contributed by atoms with Gasteiger partial charge in [0.15, 0.2) is 0 Å². The first-order valence-corrected chi connectivity index (χ1v) is 12.6. The molecule has 0 radical (unpaired) electrons. The highest BCUT2D eigenvalue weighted by atomic mass is 32.2. The monoisotopic (exact) mass is 517 g/mol. The van der Waals surface area contributed by atoms with Crippen LogP contribution < -0.4 is 15.0 Å². The van der Waals surface area contributed by atoms with Crippen molar-refractivity contribution in [3.63, 3.8) is 0 Å². The average Bonchev–Trinajstić information content (AvgIpc) is 2.81. The van der Waals surface area contributed by atoms with E-state index in [2.05, 4.69) is 4.74 Å². The van der Waals surface area contributed by atoms with Crippen molar-refractivity contribution in [2.45, 2.75) is 41.0 Å². The summed E-state index contributed by atoms with van der Waals surface area (Å²) in [7, 11) is 0. The van der Waals surface area contributed by atoms with Crippen LogP contribution in [-0.4, -0.2) is 47.8 Å². The molecule has 2 N–H and O–H groups in total. The summed E-state index contributed by atoms with van der Waals surface area (Å²) < 4.78 is 51.3. The molecule has 1 fully saturated rings. The van der Waals surface area contributed by atoms with Crippen molar-refractivity contribution in [3.8, 4) is 11.5 Å². The molecule has 0 aliphatic carbocycles. The van der Waals surface area contributed by atoms with Crippen LogP contribution in [-0.2, 0) is 15.3 Å². The molecule has 0 unspecified atom stereocenters. The number of alkyl halides is 3. The number of ether oxygens (including phenoxy) is 3. The van der Waals surface area contributed by atoms with Gasteiger partial charge >= 0.3 is 6.36 Å². The molecule has 0 aromatic heterocycles. The summed E-state index contributed by atoms with van der Waals surface area (Å²) in [6.07, 6.45) is -2.89. The van der Waals surface area contributed by atoms with Gasteiger partial charge in [0.2, 0.25) is 0 Å². The van der Waals surface area contributed by atoms with Gasteiger partial charge in [0.05, 0.1) is 6.61 Å². The van der Waals surface area contributed by atoms with Crippen molar-refractivity contribution in [3.05, 3.63) is 54.1 Å². The maximum Gasteiger partial charge on any atom is 0.573 e. The average molecular weight is 518 g/mol. The number of amides is 1. The van der Waals surface area contributed by atoms with Gasteiger partial charge in [-0.2, -0.15) is 11.8 Å². The Bertz CT molecular complexity index is 922. The Hall–Kier alpha value is -2.08. The molecule has 0 atom stereocenters. The van der Waals surface area contributed by atoms with Crippen LogP contribution in [0.2, 0.25) is 0 Å². The summed E-state index contributed by atoms with van der Waals surface area (Å²) >= 11 is 3.01. The SMILES string of the molecule is O=C(NO)C1(Sc2ccc(OCCCSCc3cccc(OC(F)(F)F)c3)cc2)CCOCC1. The Morgan fingerprint density at radius 2 is 1.85 bits per heavy atom. The second-order valence-corrected chi connectivity index (χ2v) is 10.1. The van der Waals surface area contributed by atoms with E-state index in [9.17, 15) is 18.0 Å². The number of carbonyl (C=O) groups excluding carboxylic acids is 1. The lowest BCUT2D eigenvalue weighted by molar-refractivity contribution is -0.274. The van der Waals surface area contributed by atoms with E-state index < -0.39 is 17.0 Å². The maximum atomic E-state index is 12.3. The number of rotatable bonds is 11. The van der Waals surface area contributed by atoms with E-state index in [0.29, 0.717) is 44.2 Å². The highest BCUT2D eigenvalue weighted by Gasteiger charge is 2.41. The number of hydrogen-bond acceptors (Lipinski definition) is 7. The largest absolute Gasteiger partial charge is 0.573 e. The number of halogens is 3. The van der Waals surface area contributed by atoms with Gasteiger partial charge < -0.3 is 14.2 Å². The molecule has 1 aliphatic rings. The summed E-state index contributed by atoms with van der Waals surface area (Å²) in [6.45, 7) is 1.43. The fraction of sp³-hybridized carbons (Fsp3) is 0.435. The molecule has 1 aliphatic heterocycles. The van der Waals surface area contributed by atoms with Crippen LogP contribution in [0.5, 0.6) is 11.5 Å². The van der Waals surface area contributed by atoms with E-state index in [-0.39, 0.29) is 5.75 Å². The van der Waals surface area contributed by atoms with Crippen molar-refractivity contribution in [2.75, 3.05) is 25.6 Å². The molecule has 186 valence electrons. The van der Waals surface area contributed by atoms with Gasteiger partial charge in [-0.25, -0.2) is 5.48 Å². The zero-order chi connectivity index (χ0) is 24.4. The molecule has 3 rings (SSSR count). The smallest absolute Gasteiger partial charge is 0.494 e. The van der Waals surface area contributed by atoms with E-state index in [4.69, 9.17) is 14.7 Å². The van der Waals surface area contributed by atoms with Crippen LogP contribution in [0.15, 0.2) is 53.4 Å². The third-order valence-corrected chi connectivity index (χ3v) is 7.66. The first-order chi connectivity index (χ1) is 16.3. The molecule has 2 aromatic carbocycles. The number of benzene rings is 2. The predicted octanol–water partition coefficient (Wildman–Crippen LogP) is 5.43. The van der Waals surface area contributed by atoms with Crippen molar-refractivity contribution in [1.82, 2.24) is 5.48 Å². The predicted molar refractivity (Wildman–Crippen MR) is 124 cm³/mol. The highest BCUT2D eigenvalue weighted by molar-refractivity contribution is 8.01. The molecule has 2 aromatic rings. The van der Waals surface area contributed by atoms with Crippen molar-refractivity contribution >= 4 is 29.4 Å². The van der Waals surface area contributed by atoms with Crippen LogP contribution in [0, 0.1) is 0 Å². The van der Waals surface area contributed by atoms with Crippen LogP contribution in [0.25, 0.3) is 0 Å². The normalized spacial score (nSPS) is 15.5. The summed E-state index contributed by atoms with van der Waals surface area (Å²) in [4.78, 5) is 13.1. The van der Waals surface area contributed by atoms with Gasteiger partial charge in [-0.3, -0.25) is 10.0 Å². The lowest BCUT2D eigenvalue weighted by atomic mass is 9.98. The van der Waals surface area contributed by atoms with Gasteiger partial charge in [0.25, 0.3) is 5.91 Å². The van der Waals surface area contributed by atoms with Gasteiger partial charge in [-0.15, -0.1) is 24.9 Å². The molecular weight excluding hydrogens is 491 g/mol. The number of carbonyl (C=O) groups is 1. The Morgan fingerprint density at radius 1 is 1.12 bits per heavy atom. The molecule has 1 amide bonds. The van der Waals surface area contributed by atoms with Crippen molar-refractivity contribution in [2.24, 2.45) is 0 Å². The highest BCUT2D eigenvalue weighted by Crippen LogP contribution is 2.41. The fourth-order valence-corrected chi connectivity index (χ4v) is 5.50. The first kappa shape index (κ1) is 26.5. The molecule has 6 nitrogen and oxygen atoms in total. The molecule has 34 heavy (non-hydrogen) atoms. The Morgan fingerprint density at radius 3 is 2.53 bits per heavy atom. The minimum Gasteiger partial charge on any atom is -0.494 e. The summed E-state index contributed by atoms with van der Waals surface area (Å²) in [5.74, 6) is 1.45. The minimum absolute atomic E-state index is 0.213. The van der Waals surface area contributed by atoms with Crippen molar-refractivity contribution in [1.29, 1.82) is 0 Å². The summed E-state index contributed by atoms with van der Waals surface area (Å²) in [6, 6.07) is 13.4. The maximum absolute atomic E-state index is 12.3. The van der Waals surface area contributed by atoms with Gasteiger partial charge in [0, 0.05) is 23.9 Å². The van der Waals surface area contributed by atoms with Crippen LogP contribution in [0.1, 0.15) is 24.8 Å². The first-order valence-electron chi connectivity index (χ1n) is 10.7. The number of nitrogens with one attached hydrogen (secondary N) is 1. The van der Waals surface area contributed by atoms with E-state index in [0.717, 1.165) is 22.6 Å². The van der Waals surface area contributed by atoms with E-state index >= 15 is 0 Å².